The van der Waals surface area contributed by atoms with Gasteiger partial charge in [-0.05, 0) is 30.5 Å². The number of aryl methyl sites for hydroxylation is 1. The molecule has 0 aromatic carbocycles. The topological polar surface area (TPSA) is 33.2 Å². The van der Waals surface area contributed by atoms with Crippen molar-refractivity contribution in [2.24, 2.45) is 5.41 Å². The van der Waals surface area contributed by atoms with Gasteiger partial charge in [-0.3, -0.25) is 14.7 Å². The molecule has 0 saturated heterocycles. The van der Waals surface area contributed by atoms with E-state index in [-0.39, 0.29) is 11.2 Å². The maximum atomic E-state index is 12.3. The number of pyridine rings is 1. The van der Waals surface area contributed by atoms with Gasteiger partial charge in [0.15, 0.2) is 5.78 Å². The van der Waals surface area contributed by atoms with Crippen LogP contribution in [0.25, 0.3) is 0 Å². The summed E-state index contributed by atoms with van der Waals surface area (Å²) in [6.45, 7) is 9.96. The third-order valence-corrected chi connectivity index (χ3v) is 2.74. The van der Waals surface area contributed by atoms with Crippen molar-refractivity contribution >= 4 is 5.78 Å². The minimum absolute atomic E-state index is 0.181. The van der Waals surface area contributed by atoms with Crippen LogP contribution < -0.4 is 0 Å². The molecular formula is C15H24N2O. The van der Waals surface area contributed by atoms with Gasteiger partial charge in [0.2, 0.25) is 0 Å². The summed E-state index contributed by atoms with van der Waals surface area (Å²) in [4.78, 5) is 18.4. The molecule has 0 fully saturated rings. The number of hydrogen-bond acceptors (Lipinski definition) is 3. The molecule has 0 bridgehead atoms. The molecule has 0 spiro atoms. The predicted octanol–water partition coefficient (Wildman–Crippen LogP) is 2.80. The van der Waals surface area contributed by atoms with Crippen molar-refractivity contribution < 1.29 is 4.79 Å². The van der Waals surface area contributed by atoms with Crippen LogP contribution in [0.2, 0.25) is 0 Å². The average Bonchev–Trinajstić information content (AvgIpc) is 2.26. The minimum Gasteiger partial charge on any atom is -0.298 e. The number of ketones is 1. The number of aromatic nitrogens is 1. The molecule has 0 atom stereocenters. The molecule has 0 aliphatic heterocycles. The summed E-state index contributed by atoms with van der Waals surface area (Å²) in [6, 6.07) is 1.83. The summed E-state index contributed by atoms with van der Waals surface area (Å²) in [5.74, 6) is 0.181. The zero-order valence-electron chi connectivity index (χ0n) is 12.2. The lowest BCUT2D eigenvalue weighted by Crippen LogP contribution is -2.33. The Bertz CT molecular complexity index is 407. The fraction of sp³-hybridized carbons (Fsp3) is 0.600. The van der Waals surface area contributed by atoms with Crippen molar-refractivity contribution in [3.8, 4) is 0 Å². The Hall–Kier alpha value is -1.22. The second-order valence-electron chi connectivity index (χ2n) is 6.04. The van der Waals surface area contributed by atoms with Crippen molar-refractivity contribution in [3.05, 3.63) is 29.6 Å². The second kappa shape index (κ2) is 6.10. The van der Waals surface area contributed by atoms with Crippen LogP contribution in [0.4, 0.5) is 0 Å². The van der Waals surface area contributed by atoms with Gasteiger partial charge in [0.25, 0.3) is 0 Å². The first kappa shape index (κ1) is 14.8. The predicted molar refractivity (Wildman–Crippen MR) is 74.9 cm³/mol. The zero-order chi connectivity index (χ0) is 13.8. The molecule has 1 rings (SSSR count). The molecule has 0 N–H and O–H groups in total. The maximum absolute atomic E-state index is 12.3. The fourth-order valence-electron chi connectivity index (χ4n) is 2.18. The number of carbonyl (C=O) groups excluding carboxylic acids is 1. The van der Waals surface area contributed by atoms with E-state index in [0.29, 0.717) is 6.54 Å². The molecule has 0 saturated carbocycles. The second-order valence-corrected chi connectivity index (χ2v) is 6.04. The van der Waals surface area contributed by atoms with E-state index in [1.807, 2.05) is 20.0 Å². The van der Waals surface area contributed by atoms with Crippen LogP contribution in [-0.2, 0) is 6.42 Å². The number of nitrogens with zero attached hydrogens (tertiary/aromatic N) is 2. The lowest BCUT2D eigenvalue weighted by molar-refractivity contribution is 0.0926. The smallest absolute Gasteiger partial charge is 0.177 e. The highest BCUT2D eigenvalue weighted by Crippen LogP contribution is 2.15. The standard InChI is InChI=1S/C15H24N2O/c1-6-12-9-16-8-7-13(12)14(18)10-17(5)11-15(2,3)4/h7-9H,6,10-11H2,1-5H3. The Kier molecular flexibility index (Phi) is 5.03. The van der Waals surface area contributed by atoms with E-state index in [0.717, 1.165) is 24.1 Å². The van der Waals surface area contributed by atoms with E-state index in [9.17, 15) is 4.79 Å². The maximum Gasteiger partial charge on any atom is 0.177 e. The van der Waals surface area contributed by atoms with E-state index in [1.54, 1.807) is 12.4 Å². The summed E-state index contributed by atoms with van der Waals surface area (Å²) in [6.07, 6.45) is 4.32. The summed E-state index contributed by atoms with van der Waals surface area (Å²) in [5.41, 5.74) is 2.06. The Morgan fingerprint density at radius 2 is 2.06 bits per heavy atom. The van der Waals surface area contributed by atoms with E-state index in [2.05, 4.69) is 30.7 Å². The van der Waals surface area contributed by atoms with Gasteiger partial charge in [0.1, 0.15) is 0 Å². The van der Waals surface area contributed by atoms with Gasteiger partial charge in [-0.25, -0.2) is 0 Å². The number of hydrogen-bond donors (Lipinski definition) is 0. The van der Waals surface area contributed by atoms with E-state index in [4.69, 9.17) is 0 Å². The third-order valence-electron chi connectivity index (χ3n) is 2.74. The largest absolute Gasteiger partial charge is 0.298 e. The summed E-state index contributed by atoms with van der Waals surface area (Å²) < 4.78 is 0. The summed E-state index contributed by atoms with van der Waals surface area (Å²) in [7, 11) is 2.00. The van der Waals surface area contributed by atoms with Gasteiger partial charge in [-0.2, -0.15) is 0 Å². The molecular weight excluding hydrogens is 224 g/mol. The molecule has 100 valence electrons. The van der Waals surface area contributed by atoms with Gasteiger partial charge in [0, 0.05) is 24.5 Å². The first-order valence-corrected chi connectivity index (χ1v) is 6.48. The quantitative estimate of drug-likeness (QED) is 0.751. The van der Waals surface area contributed by atoms with Gasteiger partial charge in [0.05, 0.1) is 6.54 Å². The zero-order valence-corrected chi connectivity index (χ0v) is 12.2. The van der Waals surface area contributed by atoms with E-state index < -0.39 is 0 Å². The summed E-state index contributed by atoms with van der Waals surface area (Å²) in [5, 5.41) is 0. The van der Waals surface area contributed by atoms with Gasteiger partial charge < -0.3 is 0 Å². The highest BCUT2D eigenvalue weighted by atomic mass is 16.1. The van der Waals surface area contributed by atoms with E-state index in [1.165, 1.54) is 0 Å². The van der Waals surface area contributed by atoms with Gasteiger partial charge in [-0.1, -0.05) is 27.7 Å². The van der Waals surface area contributed by atoms with Crippen LogP contribution in [-0.4, -0.2) is 35.8 Å². The van der Waals surface area contributed by atoms with Crippen molar-refractivity contribution in [1.82, 2.24) is 9.88 Å². The SMILES string of the molecule is CCc1cnccc1C(=O)CN(C)CC(C)(C)C. The lowest BCUT2D eigenvalue weighted by Gasteiger charge is -2.26. The van der Waals surface area contributed by atoms with Crippen LogP contribution in [0.3, 0.4) is 0 Å². The van der Waals surface area contributed by atoms with Crippen LogP contribution >= 0.6 is 0 Å². The molecule has 18 heavy (non-hydrogen) atoms. The van der Waals surface area contributed by atoms with Crippen LogP contribution in [0, 0.1) is 5.41 Å². The number of likely N-dealkylation sites (N-methyl/N-ethyl adjacent to an activating group) is 1. The van der Waals surface area contributed by atoms with Crippen LogP contribution in [0.15, 0.2) is 18.5 Å². The summed E-state index contributed by atoms with van der Waals surface area (Å²) >= 11 is 0. The highest BCUT2D eigenvalue weighted by Gasteiger charge is 2.17. The Morgan fingerprint density at radius 1 is 1.39 bits per heavy atom. The lowest BCUT2D eigenvalue weighted by atomic mass is 9.96. The molecule has 0 radical (unpaired) electrons. The number of carbonyl (C=O) groups is 1. The Morgan fingerprint density at radius 3 is 2.61 bits per heavy atom. The van der Waals surface area contributed by atoms with Crippen molar-refractivity contribution in [3.63, 3.8) is 0 Å². The molecule has 3 heteroatoms. The monoisotopic (exact) mass is 248 g/mol. The average molecular weight is 248 g/mol. The molecule has 1 heterocycles. The molecule has 0 aliphatic rings. The van der Waals surface area contributed by atoms with Crippen LogP contribution in [0.1, 0.15) is 43.6 Å². The number of Topliss-reactive ketones (excluding diaryl/α,β-unsaturated/α-hetero) is 1. The van der Waals surface area contributed by atoms with Gasteiger partial charge >= 0.3 is 0 Å². The molecule has 1 aromatic rings. The Labute approximate surface area is 110 Å². The minimum atomic E-state index is 0.181. The fourth-order valence-corrected chi connectivity index (χ4v) is 2.18. The van der Waals surface area contributed by atoms with Gasteiger partial charge in [-0.15, -0.1) is 0 Å². The van der Waals surface area contributed by atoms with Crippen LogP contribution in [0.5, 0.6) is 0 Å². The van der Waals surface area contributed by atoms with Crippen molar-refractivity contribution in [2.75, 3.05) is 20.1 Å². The van der Waals surface area contributed by atoms with Crippen molar-refractivity contribution in [1.29, 1.82) is 0 Å². The van der Waals surface area contributed by atoms with E-state index >= 15 is 0 Å². The molecule has 0 amide bonds. The normalized spacial score (nSPS) is 11.9. The first-order valence-electron chi connectivity index (χ1n) is 6.48. The van der Waals surface area contributed by atoms with Crippen molar-refractivity contribution in [2.45, 2.75) is 34.1 Å². The highest BCUT2D eigenvalue weighted by molar-refractivity contribution is 5.98. The third kappa shape index (κ3) is 4.57. The molecule has 3 nitrogen and oxygen atoms in total. The Balaban J connectivity index is 2.71. The molecule has 0 unspecified atom stereocenters. The molecule has 0 aliphatic carbocycles. The number of rotatable bonds is 5. The first-order chi connectivity index (χ1) is 8.33. The molecule has 1 aromatic heterocycles.